The molecule has 2 heterocycles. The Bertz CT molecular complexity index is 950. The highest BCUT2D eigenvalue weighted by atomic mass is 16.2. The molecule has 0 saturated carbocycles. The molecular weight excluding hydrogens is 294 g/mol. The van der Waals surface area contributed by atoms with E-state index in [-0.39, 0.29) is 6.04 Å². The van der Waals surface area contributed by atoms with E-state index in [1.54, 1.807) is 7.05 Å². The van der Waals surface area contributed by atoms with E-state index in [2.05, 4.69) is 15.3 Å². The normalized spacial score (nSPS) is 11.3. The quantitative estimate of drug-likeness (QED) is 0.766. The van der Waals surface area contributed by atoms with Gasteiger partial charge in [-0.1, -0.05) is 30.3 Å². The van der Waals surface area contributed by atoms with Gasteiger partial charge in [0.1, 0.15) is 0 Å². The summed E-state index contributed by atoms with van der Waals surface area (Å²) in [4.78, 5) is 30.8. The van der Waals surface area contributed by atoms with Crippen LogP contribution in [0.5, 0.6) is 0 Å². The summed E-state index contributed by atoms with van der Waals surface area (Å²) in [5.41, 5.74) is 1.00. The lowest BCUT2D eigenvalue weighted by Gasteiger charge is -2.13. The molecule has 2 N–H and O–H groups in total. The molecule has 0 spiro atoms. The number of imidazole rings is 1. The summed E-state index contributed by atoms with van der Waals surface area (Å²) in [6.45, 7) is 4.53. The fraction of sp³-hybridized carbons (Fsp3) is 0.312. The van der Waals surface area contributed by atoms with E-state index >= 15 is 0 Å². The third-order valence-electron chi connectivity index (χ3n) is 3.76. The van der Waals surface area contributed by atoms with Crippen LogP contribution in [0.25, 0.3) is 11.2 Å². The van der Waals surface area contributed by atoms with Gasteiger partial charge in [0, 0.05) is 19.6 Å². The number of aryl methyl sites for hydroxylation is 1. The topological polar surface area (TPSA) is 84.7 Å². The molecule has 0 amide bonds. The molecular formula is C16H19N5O2. The lowest BCUT2D eigenvalue weighted by Crippen LogP contribution is -2.29. The zero-order valence-corrected chi connectivity index (χ0v) is 13.3. The number of hydrogen-bond donors (Lipinski definition) is 2. The number of hydrogen-bond acceptors (Lipinski definition) is 4. The maximum absolute atomic E-state index is 12.2. The first-order valence-corrected chi connectivity index (χ1v) is 7.48. The molecule has 0 fully saturated rings. The van der Waals surface area contributed by atoms with E-state index in [4.69, 9.17) is 0 Å². The Balaban J connectivity index is 2.11. The second kappa shape index (κ2) is 5.75. The maximum Gasteiger partial charge on any atom is 0.329 e. The van der Waals surface area contributed by atoms with Gasteiger partial charge in [0.2, 0.25) is 5.95 Å². The van der Waals surface area contributed by atoms with Gasteiger partial charge >= 0.3 is 5.69 Å². The summed E-state index contributed by atoms with van der Waals surface area (Å²) >= 11 is 0. The smallest absolute Gasteiger partial charge is 0.329 e. The molecule has 3 rings (SSSR count). The average molecular weight is 313 g/mol. The highest BCUT2D eigenvalue weighted by Crippen LogP contribution is 2.21. The molecule has 3 aromatic rings. The molecule has 7 heteroatoms. The monoisotopic (exact) mass is 313 g/mol. The molecule has 1 aromatic carbocycles. The lowest BCUT2D eigenvalue weighted by molar-refractivity contribution is 0.619. The zero-order chi connectivity index (χ0) is 16.6. The predicted molar refractivity (Wildman–Crippen MR) is 89.7 cm³/mol. The van der Waals surface area contributed by atoms with Gasteiger partial charge in [-0.2, -0.15) is 4.98 Å². The van der Waals surface area contributed by atoms with Gasteiger partial charge in [0.25, 0.3) is 5.56 Å². The number of aromatic amines is 1. The second-order valence-corrected chi connectivity index (χ2v) is 5.73. The Kier molecular flexibility index (Phi) is 3.77. The molecule has 0 aliphatic rings. The summed E-state index contributed by atoms with van der Waals surface area (Å²) < 4.78 is 3.17. The molecule has 2 aromatic heterocycles. The maximum atomic E-state index is 12.2. The standard InChI is InChI=1S/C16H19N5O2/c1-10(2)21-12-13(20(3)16(23)19-14(12)22)18-15(21)17-9-11-7-5-4-6-8-11/h4-8,10H,9H2,1-3H3,(H,17,18)(H,19,22,23). The number of H-pyrrole nitrogens is 1. The molecule has 0 atom stereocenters. The molecule has 0 saturated heterocycles. The third-order valence-corrected chi connectivity index (χ3v) is 3.76. The first-order chi connectivity index (χ1) is 11.0. The van der Waals surface area contributed by atoms with Crippen LogP contribution in [0, 0.1) is 0 Å². The molecule has 0 aliphatic carbocycles. The van der Waals surface area contributed by atoms with E-state index in [1.165, 1.54) is 4.57 Å². The van der Waals surface area contributed by atoms with Crippen LogP contribution in [0.4, 0.5) is 5.95 Å². The zero-order valence-electron chi connectivity index (χ0n) is 13.3. The Labute approximate surface area is 132 Å². The van der Waals surface area contributed by atoms with Crippen LogP contribution < -0.4 is 16.6 Å². The molecule has 23 heavy (non-hydrogen) atoms. The molecule has 7 nitrogen and oxygen atoms in total. The Morgan fingerprint density at radius 3 is 2.57 bits per heavy atom. The van der Waals surface area contributed by atoms with E-state index in [9.17, 15) is 9.59 Å². The van der Waals surface area contributed by atoms with Crippen LogP contribution in [0.1, 0.15) is 25.5 Å². The minimum absolute atomic E-state index is 0.0249. The number of aromatic nitrogens is 4. The lowest BCUT2D eigenvalue weighted by atomic mass is 10.2. The first kappa shape index (κ1) is 15.1. The summed E-state index contributed by atoms with van der Waals surface area (Å²) in [6.07, 6.45) is 0. The Morgan fingerprint density at radius 1 is 1.22 bits per heavy atom. The molecule has 0 bridgehead atoms. The van der Waals surface area contributed by atoms with Gasteiger partial charge in [-0.05, 0) is 19.4 Å². The van der Waals surface area contributed by atoms with Crippen molar-refractivity contribution in [3.8, 4) is 0 Å². The van der Waals surface area contributed by atoms with Crippen LogP contribution in [-0.4, -0.2) is 19.1 Å². The molecule has 0 aliphatic heterocycles. The van der Waals surface area contributed by atoms with Crippen LogP contribution in [-0.2, 0) is 13.6 Å². The third kappa shape index (κ3) is 2.65. The second-order valence-electron chi connectivity index (χ2n) is 5.73. The summed E-state index contributed by atoms with van der Waals surface area (Å²) in [5, 5.41) is 3.26. The van der Waals surface area contributed by atoms with E-state index in [0.29, 0.717) is 23.7 Å². The van der Waals surface area contributed by atoms with Crippen LogP contribution in [0.3, 0.4) is 0 Å². The van der Waals surface area contributed by atoms with Crippen molar-refractivity contribution < 1.29 is 0 Å². The minimum atomic E-state index is -0.467. The van der Waals surface area contributed by atoms with Crippen molar-refractivity contribution in [2.24, 2.45) is 7.05 Å². The van der Waals surface area contributed by atoms with Crippen molar-refractivity contribution in [2.45, 2.75) is 26.4 Å². The Hall–Kier alpha value is -2.83. The highest BCUT2D eigenvalue weighted by Gasteiger charge is 2.18. The largest absolute Gasteiger partial charge is 0.351 e. The summed E-state index contributed by atoms with van der Waals surface area (Å²) in [6, 6.07) is 9.95. The average Bonchev–Trinajstić information content (AvgIpc) is 2.92. The van der Waals surface area contributed by atoms with Gasteiger partial charge in [-0.15, -0.1) is 0 Å². The predicted octanol–water partition coefficient (Wildman–Crippen LogP) is 1.62. The summed E-state index contributed by atoms with van der Waals surface area (Å²) in [5.74, 6) is 0.575. The van der Waals surface area contributed by atoms with Crippen LogP contribution in [0.15, 0.2) is 39.9 Å². The van der Waals surface area contributed by atoms with Crippen LogP contribution in [0.2, 0.25) is 0 Å². The van der Waals surface area contributed by atoms with Gasteiger partial charge in [0.15, 0.2) is 11.2 Å². The van der Waals surface area contributed by atoms with Gasteiger partial charge in [-0.25, -0.2) is 4.79 Å². The minimum Gasteiger partial charge on any atom is -0.351 e. The van der Waals surface area contributed by atoms with Gasteiger partial charge in [-0.3, -0.25) is 14.3 Å². The number of nitrogens with one attached hydrogen (secondary N) is 2. The SMILES string of the molecule is CC(C)n1c(NCc2ccccc2)nc2c1c(=O)[nH]c(=O)n2C. The Morgan fingerprint density at radius 2 is 1.91 bits per heavy atom. The first-order valence-electron chi connectivity index (χ1n) is 7.48. The van der Waals surface area contributed by atoms with Crippen molar-refractivity contribution in [1.82, 2.24) is 19.1 Å². The van der Waals surface area contributed by atoms with Crippen molar-refractivity contribution in [2.75, 3.05) is 5.32 Å². The van der Waals surface area contributed by atoms with Crippen molar-refractivity contribution in [1.29, 1.82) is 0 Å². The van der Waals surface area contributed by atoms with E-state index in [0.717, 1.165) is 5.56 Å². The van der Waals surface area contributed by atoms with Crippen molar-refractivity contribution in [3.63, 3.8) is 0 Å². The molecule has 0 unspecified atom stereocenters. The number of nitrogens with zero attached hydrogens (tertiary/aromatic N) is 3. The van der Waals surface area contributed by atoms with Crippen LogP contribution >= 0.6 is 0 Å². The summed E-state index contributed by atoms with van der Waals surface area (Å²) in [7, 11) is 1.60. The number of rotatable bonds is 4. The fourth-order valence-corrected chi connectivity index (χ4v) is 2.61. The number of fused-ring (bicyclic) bond motifs is 1. The highest BCUT2D eigenvalue weighted by molar-refractivity contribution is 5.74. The van der Waals surface area contributed by atoms with Gasteiger partial charge < -0.3 is 9.88 Å². The molecule has 120 valence electrons. The van der Waals surface area contributed by atoms with Gasteiger partial charge in [0.05, 0.1) is 0 Å². The van der Waals surface area contributed by atoms with E-state index < -0.39 is 11.2 Å². The number of anilines is 1. The van der Waals surface area contributed by atoms with E-state index in [1.807, 2.05) is 48.7 Å². The number of benzene rings is 1. The fourth-order valence-electron chi connectivity index (χ4n) is 2.61. The molecule has 0 radical (unpaired) electrons. The van der Waals surface area contributed by atoms with Crippen molar-refractivity contribution in [3.05, 3.63) is 56.7 Å². The van der Waals surface area contributed by atoms with Crippen molar-refractivity contribution >= 4 is 17.1 Å².